The second-order valence-electron chi connectivity index (χ2n) is 12.0. The quantitative estimate of drug-likeness (QED) is 0.396. The van der Waals surface area contributed by atoms with Crippen molar-refractivity contribution in [2.75, 3.05) is 30.3 Å². The highest BCUT2D eigenvalue weighted by atomic mass is 35.5. The maximum atomic E-state index is 13.2. The molecule has 2 bridgehead atoms. The summed E-state index contributed by atoms with van der Waals surface area (Å²) < 4.78 is 22.4. The van der Waals surface area contributed by atoms with E-state index < -0.39 is 9.71 Å². The van der Waals surface area contributed by atoms with Crippen LogP contribution >= 0.6 is 11.6 Å². The zero-order valence-corrected chi connectivity index (χ0v) is 23.8. The minimum Gasteiger partial charge on any atom is -0.490 e. The molecule has 7 heteroatoms. The van der Waals surface area contributed by atoms with Gasteiger partial charge in [-0.3, -0.25) is 9.52 Å². The lowest BCUT2D eigenvalue weighted by atomic mass is 9.68. The summed E-state index contributed by atoms with van der Waals surface area (Å²) in [5, 5.41) is 0.790. The second-order valence-corrected chi connectivity index (χ2v) is 14.7. The molecule has 4 aliphatic rings. The zero-order valence-electron chi connectivity index (χ0n) is 22.2. The van der Waals surface area contributed by atoms with Gasteiger partial charge in [0.05, 0.1) is 12.3 Å². The van der Waals surface area contributed by atoms with Crippen LogP contribution in [0.3, 0.4) is 0 Å². The molecule has 0 saturated heterocycles. The number of nitrogens with zero attached hydrogens (tertiary/aromatic N) is 1. The van der Waals surface area contributed by atoms with Gasteiger partial charge in [-0.2, -0.15) is 0 Å². The van der Waals surface area contributed by atoms with E-state index in [9.17, 15) is 9.00 Å². The van der Waals surface area contributed by atoms with E-state index in [2.05, 4.69) is 27.6 Å². The second kappa shape index (κ2) is 10.4. The third-order valence-corrected chi connectivity index (χ3v) is 11.1. The highest BCUT2D eigenvalue weighted by Crippen LogP contribution is 2.46. The van der Waals surface area contributed by atoms with E-state index in [4.69, 9.17) is 16.3 Å². The number of fused-ring (bicyclic) bond motifs is 4. The first-order chi connectivity index (χ1) is 18.3. The molecule has 1 N–H and O–H groups in total. The van der Waals surface area contributed by atoms with Gasteiger partial charge in [-0.05, 0) is 97.7 Å². The number of amides is 1. The van der Waals surface area contributed by atoms with Crippen molar-refractivity contribution in [3.8, 4) is 5.75 Å². The van der Waals surface area contributed by atoms with Gasteiger partial charge in [0.2, 0.25) is 0 Å². The van der Waals surface area contributed by atoms with Gasteiger partial charge in [0, 0.05) is 44.6 Å². The van der Waals surface area contributed by atoms with Crippen LogP contribution < -0.4 is 14.4 Å². The summed E-state index contributed by atoms with van der Waals surface area (Å²) >= 11 is 6.39. The van der Waals surface area contributed by atoms with E-state index in [0.717, 1.165) is 74.0 Å². The number of ether oxygens (including phenoxy) is 1. The Morgan fingerprint density at radius 2 is 1.87 bits per heavy atom. The van der Waals surface area contributed by atoms with Gasteiger partial charge < -0.3 is 9.64 Å². The average Bonchev–Trinajstić information content (AvgIpc) is 3.02. The van der Waals surface area contributed by atoms with E-state index in [-0.39, 0.29) is 11.3 Å². The first kappa shape index (κ1) is 26.1. The summed E-state index contributed by atoms with van der Waals surface area (Å²) in [5.74, 6) is 6.22. The van der Waals surface area contributed by atoms with Crippen LogP contribution in [-0.4, -0.2) is 41.4 Å². The molecule has 6 rings (SSSR count). The molecule has 2 aromatic carbocycles. The van der Waals surface area contributed by atoms with Crippen LogP contribution in [0.25, 0.3) is 0 Å². The van der Waals surface area contributed by atoms with Crippen molar-refractivity contribution >= 4 is 38.8 Å². The molecule has 1 saturated carbocycles. The number of nitrogens with one attached hydrogen (secondary N) is 1. The molecule has 38 heavy (non-hydrogen) atoms. The number of anilines is 1. The molecule has 0 radical (unpaired) electrons. The minimum absolute atomic E-state index is 0.124. The Balaban J connectivity index is 1.39. The Hall–Kier alpha value is -2.18. The fraction of sp³-hybridized carbons (Fsp3) is 0.548. The molecule has 0 aromatic heterocycles. The van der Waals surface area contributed by atoms with Crippen molar-refractivity contribution < 1.29 is 13.7 Å². The zero-order chi connectivity index (χ0) is 26.3. The standard InChI is InChI=1S/C31H39ClN2O3S/c1-38(36)16-5-3-2-4-7-22-9-10-25(22)19-34-20-31(15-6-8-23-17-26(32)12-13-27(23)31)21-37-29-14-11-24(18-28(29)34)30(35)33-38/h11-14,17-18,22,25H,1-10,15-16,19-21H2,(H,33,35,36)/t22-,25+,31+,38?/m1/s1. The van der Waals surface area contributed by atoms with Crippen molar-refractivity contribution in [2.24, 2.45) is 11.8 Å². The molecular formula is C31H39ClN2O3S. The summed E-state index contributed by atoms with van der Waals surface area (Å²) in [7, 11) is -2.67. The number of aryl methyl sites for hydroxylation is 1. The van der Waals surface area contributed by atoms with Crippen LogP contribution in [0.5, 0.6) is 5.75 Å². The molecule has 2 aliphatic heterocycles. The van der Waals surface area contributed by atoms with Crippen molar-refractivity contribution in [3.63, 3.8) is 0 Å². The highest BCUT2D eigenvalue weighted by Gasteiger charge is 2.43. The molecule has 1 unspecified atom stereocenters. The first-order valence-electron chi connectivity index (χ1n) is 14.3. The van der Waals surface area contributed by atoms with Gasteiger partial charge >= 0.3 is 0 Å². The number of hydrogen-bond acceptors (Lipinski definition) is 4. The van der Waals surface area contributed by atoms with Gasteiger partial charge in [0.25, 0.3) is 5.91 Å². The van der Waals surface area contributed by atoms with Gasteiger partial charge in [-0.25, -0.2) is 4.21 Å². The number of benzene rings is 2. The van der Waals surface area contributed by atoms with Gasteiger partial charge in [0.1, 0.15) is 5.75 Å². The molecule has 5 nitrogen and oxygen atoms in total. The fourth-order valence-electron chi connectivity index (χ4n) is 7.17. The molecule has 4 atom stereocenters. The molecule has 204 valence electrons. The summed E-state index contributed by atoms with van der Waals surface area (Å²) in [5.41, 5.74) is 4.05. The van der Waals surface area contributed by atoms with E-state index in [1.54, 1.807) is 6.07 Å². The van der Waals surface area contributed by atoms with Crippen molar-refractivity contribution in [3.05, 3.63) is 58.1 Å². The number of rotatable bonds is 0. The van der Waals surface area contributed by atoms with Crippen LogP contribution in [-0.2, 0) is 21.5 Å². The fourth-order valence-corrected chi connectivity index (χ4v) is 8.59. The minimum atomic E-state index is -2.67. The lowest BCUT2D eigenvalue weighted by Gasteiger charge is -2.44. The maximum absolute atomic E-state index is 13.2. The topological polar surface area (TPSA) is 58.6 Å². The highest BCUT2D eigenvalue weighted by molar-refractivity contribution is 7.99. The van der Waals surface area contributed by atoms with Crippen LogP contribution in [0.4, 0.5) is 5.69 Å². The van der Waals surface area contributed by atoms with Gasteiger partial charge in [-0.1, -0.05) is 43.4 Å². The lowest BCUT2D eigenvalue weighted by Crippen LogP contribution is -2.48. The summed E-state index contributed by atoms with van der Waals surface area (Å²) in [6, 6.07) is 12.0. The van der Waals surface area contributed by atoms with Crippen LogP contribution in [0, 0.1) is 11.8 Å². The molecule has 2 aromatic rings. The molecule has 2 aliphatic carbocycles. The molecule has 1 amide bonds. The average molecular weight is 555 g/mol. The maximum Gasteiger partial charge on any atom is 0.262 e. The molecular weight excluding hydrogens is 516 g/mol. The van der Waals surface area contributed by atoms with Crippen LogP contribution in [0.15, 0.2) is 36.4 Å². The predicted molar refractivity (Wildman–Crippen MR) is 157 cm³/mol. The van der Waals surface area contributed by atoms with Crippen molar-refractivity contribution in [1.82, 2.24) is 4.72 Å². The molecule has 2 heterocycles. The summed E-state index contributed by atoms with van der Waals surface area (Å²) in [6.07, 6.45) is 11.3. The number of carbonyl (C=O) groups excluding carboxylic acids is 1. The Morgan fingerprint density at radius 3 is 2.71 bits per heavy atom. The van der Waals surface area contributed by atoms with Gasteiger partial charge in [-0.15, -0.1) is 0 Å². The van der Waals surface area contributed by atoms with E-state index in [1.807, 2.05) is 18.2 Å². The Morgan fingerprint density at radius 1 is 1.03 bits per heavy atom. The van der Waals surface area contributed by atoms with Crippen LogP contribution in [0.2, 0.25) is 5.02 Å². The SMILES string of the molecule is C=S1(=O)CCCCCC[C@@H]2CC[C@H]2CN2C[C@@]3(CCCc4cc(Cl)ccc43)COc3ccc(cc32)C(=O)N1. The molecule has 1 fully saturated rings. The molecule has 1 spiro atoms. The van der Waals surface area contributed by atoms with E-state index in [1.165, 1.54) is 36.8 Å². The normalized spacial score (nSPS) is 31.7. The largest absolute Gasteiger partial charge is 0.490 e. The van der Waals surface area contributed by atoms with Crippen LogP contribution in [0.1, 0.15) is 79.3 Å². The monoisotopic (exact) mass is 554 g/mol. The van der Waals surface area contributed by atoms with E-state index in [0.29, 0.717) is 23.8 Å². The summed E-state index contributed by atoms with van der Waals surface area (Å²) in [6.45, 7) is 2.44. The Labute approximate surface area is 232 Å². The van der Waals surface area contributed by atoms with Crippen molar-refractivity contribution in [1.29, 1.82) is 0 Å². The third-order valence-electron chi connectivity index (χ3n) is 9.41. The number of carbonyl (C=O) groups is 1. The first-order valence-corrected chi connectivity index (χ1v) is 16.6. The van der Waals surface area contributed by atoms with E-state index >= 15 is 0 Å². The third kappa shape index (κ3) is 5.19. The number of halogens is 1. The lowest BCUT2D eigenvalue weighted by molar-refractivity contribution is 0.0982. The number of hydrogen-bond donors (Lipinski definition) is 1. The Bertz CT molecular complexity index is 1330. The smallest absolute Gasteiger partial charge is 0.262 e. The van der Waals surface area contributed by atoms with Crippen molar-refractivity contribution in [2.45, 2.75) is 69.6 Å². The van der Waals surface area contributed by atoms with Gasteiger partial charge in [0.15, 0.2) is 0 Å². The summed E-state index contributed by atoms with van der Waals surface area (Å²) in [4.78, 5) is 15.7. The Kier molecular flexibility index (Phi) is 7.15. The predicted octanol–water partition coefficient (Wildman–Crippen LogP) is 6.16.